The number of aryl methyl sites for hydroxylation is 1. The Morgan fingerprint density at radius 3 is 2.44 bits per heavy atom. The predicted octanol–water partition coefficient (Wildman–Crippen LogP) is 5.78. The SMILES string of the molecule is CC(C)(C)OC(=O)Nc1cccnc1CN(CCCCN1C(=O)c2ccccc2C1=O)C1CCCc2cccnc21. The lowest BCUT2D eigenvalue weighted by atomic mass is 9.90. The van der Waals surface area contributed by atoms with E-state index in [1.165, 1.54) is 10.5 Å². The van der Waals surface area contributed by atoms with Gasteiger partial charge in [-0.1, -0.05) is 18.2 Å². The quantitative estimate of drug-likeness (QED) is 0.264. The van der Waals surface area contributed by atoms with Crippen LogP contribution in [0.25, 0.3) is 0 Å². The summed E-state index contributed by atoms with van der Waals surface area (Å²) in [5.41, 5.74) is 4.02. The Bertz CT molecular complexity index is 1400. The molecule has 2 aliphatic rings. The molecule has 5 rings (SSSR count). The van der Waals surface area contributed by atoms with Crippen LogP contribution >= 0.6 is 0 Å². The van der Waals surface area contributed by atoms with Gasteiger partial charge in [0.15, 0.2) is 0 Å². The molecule has 9 heteroatoms. The highest BCUT2D eigenvalue weighted by molar-refractivity contribution is 6.21. The lowest BCUT2D eigenvalue weighted by molar-refractivity contribution is 0.0626. The number of ether oxygens (including phenoxy) is 1. The maximum Gasteiger partial charge on any atom is 0.412 e. The topological polar surface area (TPSA) is 105 Å². The molecule has 1 aliphatic heterocycles. The summed E-state index contributed by atoms with van der Waals surface area (Å²) in [6, 6.07) is 14.8. The summed E-state index contributed by atoms with van der Waals surface area (Å²) >= 11 is 0. The second kappa shape index (κ2) is 12.2. The van der Waals surface area contributed by atoms with Crippen molar-refractivity contribution in [3.8, 4) is 0 Å². The molecule has 0 saturated carbocycles. The van der Waals surface area contributed by atoms with E-state index < -0.39 is 11.7 Å². The van der Waals surface area contributed by atoms with Gasteiger partial charge in [0.2, 0.25) is 0 Å². The van der Waals surface area contributed by atoms with Crippen LogP contribution < -0.4 is 5.32 Å². The number of carbonyl (C=O) groups excluding carboxylic acids is 3. The van der Waals surface area contributed by atoms with E-state index in [4.69, 9.17) is 9.72 Å². The standard InChI is InChI=1S/C32H37N5O4/c1-32(2,3)41-31(40)35-25-15-10-17-33-26(25)21-36(27-16-8-11-22-12-9-18-34-28(22)27)19-6-7-20-37-29(38)23-13-4-5-14-24(23)30(37)39/h4-5,9-10,12-15,17-18,27H,6-8,11,16,19-21H2,1-3H3,(H,35,40). The molecule has 0 bridgehead atoms. The summed E-state index contributed by atoms with van der Waals surface area (Å²) in [6.07, 6.45) is 7.51. The van der Waals surface area contributed by atoms with Crippen LogP contribution in [0.5, 0.6) is 0 Å². The highest BCUT2D eigenvalue weighted by Gasteiger charge is 2.35. The van der Waals surface area contributed by atoms with Crippen LogP contribution in [0.15, 0.2) is 60.9 Å². The summed E-state index contributed by atoms with van der Waals surface area (Å²) in [7, 11) is 0. The maximum absolute atomic E-state index is 12.8. The maximum atomic E-state index is 12.8. The summed E-state index contributed by atoms with van der Waals surface area (Å²) in [4.78, 5) is 51.3. The Kier molecular flexibility index (Phi) is 8.44. The van der Waals surface area contributed by atoms with E-state index in [-0.39, 0.29) is 17.9 Å². The van der Waals surface area contributed by atoms with E-state index in [0.29, 0.717) is 42.9 Å². The molecule has 9 nitrogen and oxygen atoms in total. The van der Waals surface area contributed by atoms with E-state index in [0.717, 1.165) is 37.1 Å². The predicted molar refractivity (Wildman–Crippen MR) is 155 cm³/mol. The Morgan fingerprint density at radius 2 is 1.71 bits per heavy atom. The second-order valence-corrected chi connectivity index (χ2v) is 11.6. The lowest BCUT2D eigenvalue weighted by Gasteiger charge is -2.35. The fraction of sp³-hybridized carbons (Fsp3) is 0.406. The van der Waals surface area contributed by atoms with E-state index >= 15 is 0 Å². The molecule has 1 aromatic carbocycles. The molecular formula is C32H37N5O4. The summed E-state index contributed by atoms with van der Waals surface area (Å²) < 4.78 is 5.47. The summed E-state index contributed by atoms with van der Waals surface area (Å²) in [5.74, 6) is -0.446. The fourth-order valence-electron chi connectivity index (χ4n) is 5.60. The molecule has 1 aliphatic carbocycles. The van der Waals surface area contributed by atoms with Gasteiger partial charge in [-0.3, -0.25) is 34.7 Å². The van der Waals surface area contributed by atoms with Gasteiger partial charge in [0.05, 0.1) is 34.2 Å². The van der Waals surface area contributed by atoms with Crippen molar-refractivity contribution in [2.75, 3.05) is 18.4 Å². The zero-order valence-electron chi connectivity index (χ0n) is 23.9. The van der Waals surface area contributed by atoms with E-state index in [1.807, 2.05) is 39.1 Å². The molecule has 3 amide bonds. The average molecular weight is 556 g/mol. The number of benzene rings is 1. The first-order valence-corrected chi connectivity index (χ1v) is 14.3. The zero-order chi connectivity index (χ0) is 29.0. The number of nitrogens with zero attached hydrogens (tertiary/aromatic N) is 4. The van der Waals surface area contributed by atoms with Gasteiger partial charge in [0, 0.05) is 25.5 Å². The van der Waals surface area contributed by atoms with Gasteiger partial charge in [-0.25, -0.2) is 4.79 Å². The first kappa shape index (κ1) is 28.4. The summed E-state index contributed by atoms with van der Waals surface area (Å²) in [5, 5.41) is 2.87. The minimum atomic E-state index is -0.616. The van der Waals surface area contributed by atoms with Crippen molar-refractivity contribution < 1.29 is 19.1 Å². The number of fused-ring (bicyclic) bond motifs is 2. The minimum absolute atomic E-state index is 0.0932. The number of hydrogen-bond donors (Lipinski definition) is 1. The lowest BCUT2D eigenvalue weighted by Crippen LogP contribution is -2.34. The Balaban J connectivity index is 1.31. The monoisotopic (exact) mass is 555 g/mol. The molecule has 3 aromatic rings. The number of pyridine rings is 2. The fourth-order valence-corrected chi connectivity index (χ4v) is 5.60. The molecule has 1 unspecified atom stereocenters. The molecular weight excluding hydrogens is 518 g/mol. The largest absolute Gasteiger partial charge is 0.444 e. The van der Waals surface area contributed by atoms with E-state index in [9.17, 15) is 14.4 Å². The van der Waals surface area contributed by atoms with Crippen molar-refractivity contribution in [2.45, 2.75) is 71.1 Å². The third kappa shape index (κ3) is 6.62. The van der Waals surface area contributed by atoms with Gasteiger partial charge in [0.1, 0.15) is 5.60 Å². The molecule has 0 fully saturated rings. The number of rotatable bonds is 9. The van der Waals surface area contributed by atoms with Crippen molar-refractivity contribution in [3.05, 3.63) is 89.0 Å². The van der Waals surface area contributed by atoms with Crippen LogP contribution in [-0.4, -0.2) is 56.4 Å². The van der Waals surface area contributed by atoms with Gasteiger partial charge in [-0.15, -0.1) is 0 Å². The average Bonchev–Trinajstić information content (AvgIpc) is 3.19. The number of unbranched alkanes of at least 4 members (excludes halogenated alkanes) is 1. The molecule has 41 heavy (non-hydrogen) atoms. The normalized spacial score (nSPS) is 16.5. The highest BCUT2D eigenvalue weighted by Crippen LogP contribution is 2.34. The van der Waals surface area contributed by atoms with Crippen LogP contribution in [0, 0.1) is 0 Å². The number of imide groups is 1. The van der Waals surface area contributed by atoms with Gasteiger partial charge >= 0.3 is 6.09 Å². The number of anilines is 1. The second-order valence-electron chi connectivity index (χ2n) is 11.6. The van der Waals surface area contributed by atoms with E-state index in [1.54, 1.807) is 36.5 Å². The number of hydrogen-bond acceptors (Lipinski definition) is 7. The highest BCUT2D eigenvalue weighted by atomic mass is 16.6. The number of carbonyl (C=O) groups is 3. The van der Waals surface area contributed by atoms with Crippen LogP contribution in [0.2, 0.25) is 0 Å². The number of nitrogens with one attached hydrogen (secondary N) is 1. The number of amides is 3. The van der Waals surface area contributed by atoms with Crippen molar-refractivity contribution in [1.82, 2.24) is 19.8 Å². The molecule has 0 spiro atoms. The zero-order valence-corrected chi connectivity index (χ0v) is 23.9. The van der Waals surface area contributed by atoms with Gasteiger partial charge in [-0.2, -0.15) is 0 Å². The molecule has 0 radical (unpaired) electrons. The van der Waals surface area contributed by atoms with Crippen LogP contribution in [-0.2, 0) is 17.7 Å². The Labute approximate surface area is 240 Å². The van der Waals surface area contributed by atoms with Gasteiger partial charge < -0.3 is 4.74 Å². The Hall–Kier alpha value is -4.11. The van der Waals surface area contributed by atoms with Gasteiger partial charge in [-0.05, 0) is 95.3 Å². The molecule has 1 N–H and O–H groups in total. The Morgan fingerprint density at radius 1 is 1.00 bits per heavy atom. The molecule has 1 atom stereocenters. The smallest absolute Gasteiger partial charge is 0.412 e. The van der Waals surface area contributed by atoms with Crippen LogP contribution in [0.4, 0.5) is 10.5 Å². The van der Waals surface area contributed by atoms with Gasteiger partial charge in [0.25, 0.3) is 11.8 Å². The third-order valence-corrected chi connectivity index (χ3v) is 7.44. The first-order chi connectivity index (χ1) is 19.7. The third-order valence-electron chi connectivity index (χ3n) is 7.44. The van der Waals surface area contributed by atoms with Crippen LogP contribution in [0.1, 0.15) is 90.2 Å². The van der Waals surface area contributed by atoms with E-state index in [2.05, 4.69) is 21.3 Å². The van der Waals surface area contributed by atoms with Crippen molar-refractivity contribution in [1.29, 1.82) is 0 Å². The summed E-state index contributed by atoms with van der Waals surface area (Å²) in [6.45, 7) is 7.07. The number of aromatic nitrogens is 2. The molecule has 2 aromatic heterocycles. The van der Waals surface area contributed by atoms with Crippen molar-refractivity contribution in [2.24, 2.45) is 0 Å². The minimum Gasteiger partial charge on any atom is -0.444 e. The first-order valence-electron chi connectivity index (χ1n) is 14.3. The molecule has 3 heterocycles. The van der Waals surface area contributed by atoms with Crippen LogP contribution in [0.3, 0.4) is 0 Å². The van der Waals surface area contributed by atoms with Crippen molar-refractivity contribution in [3.63, 3.8) is 0 Å². The molecule has 0 saturated heterocycles. The van der Waals surface area contributed by atoms with Crippen molar-refractivity contribution >= 4 is 23.6 Å². The molecule has 214 valence electrons.